The van der Waals surface area contributed by atoms with Crippen LogP contribution in [0.15, 0.2) is 42.9 Å². The average Bonchev–Trinajstić information content (AvgIpc) is 3.47. The fourth-order valence-corrected chi connectivity index (χ4v) is 3.74. The van der Waals surface area contributed by atoms with E-state index in [9.17, 15) is 4.79 Å². The van der Waals surface area contributed by atoms with Crippen LogP contribution in [-0.4, -0.2) is 44.7 Å². The second kappa shape index (κ2) is 8.33. The number of nitrogens with zero attached hydrogens (tertiary/aromatic N) is 4. The third-order valence-corrected chi connectivity index (χ3v) is 5.78. The molecule has 3 aromatic rings. The van der Waals surface area contributed by atoms with Crippen molar-refractivity contribution in [3.63, 3.8) is 0 Å². The highest BCUT2D eigenvalue weighted by atomic mass is 16.1. The minimum absolute atomic E-state index is 0.0344. The third kappa shape index (κ3) is 4.65. The molecule has 152 valence electrons. The van der Waals surface area contributed by atoms with Crippen molar-refractivity contribution >= 4 is 22.5 Å². The van der Waals surface area contributed by atoms with Gasteiger partial charge in [0.1, 0.15) is 5.82 Å². The number of rotatable bonds is 8. The number of fused-ring (bicyclic) bond motifs is 1. The Labute approximate surface area is 171 Å². The van der Waals surface area contributed by atoms with Crippen molar-refractivity contribution < 1.29 is 4.79 Å². The summed E-state index contributed by atoms with van der Waals surface area (Å²) >= 11 is 0. The second-order valence-electron chi connectivity index (χ2n) is 8.07. The van der Waals surface area contributed by atoms with Gasteiger partial charge in [0, 0.05) is 42.4 Å². The van der Waals surface area contributed by atoms with E-state index in [-0.39, 0.29) is 11.8 Å². The van der Waals surface area contributed by atoms with Crippen LogP contribution in [0.2, 0.25) is 0 Å². The van der Waals surface area contributed by atoms with Gasteiger partial charge in [0.15, 0.2) is 0 Å². The summed E-state index contributed by atoms with van der Waals surface area (Å²) in [5, 5.41) is 9.34. The van der Waals surface area contributed by atoms with Gasteiger partial charge < -0.3 is 10.2 Å². The van der Waals surface area contributed by atoms with Crippen LogP contribution in [0.4, 0.5) is 5.82 Å². The van der Waals surface area contributed by atoms with Crippen LogP contribution in [0.3, 0.4) is 0 Å². The first-order valence-corrected chi connectivity index (χ1v) is 10.5. The van der Waals surface area contributed by atoms with E-state index in [1.54, 1.807) is 4.68 Å². The molecule has 6 heteroatoms. The number of benzene rings is 1. The van der Waals surface area contributed by atoms with Crippen molar-refractivity contribution in [2.45, 2.75) is 39.2 Å². The molecule has 2 aromatic heterocycles. The third-order valence-electron chi connectivity index (χ3n) is 5.78. The van der Waals surface area contributed by atoms with Crippen LogP contribution in [0.1, 0.15) is 33.1 Å². The lowest BCUT2D eigenvalue weighted by Gasteiger charge is -2.21. The predicted octanol–water partition coefficient (Wildman–Crippen LogP) is 4.08. The number of nitrogens with one attached hydrogen (secondary N) is 1. The number of anilines is 1. The maximum Gasteiger partial charge on any atom is 0.228 e. The van der Waals surface area contributed by atoms with E-state index < -0.39 is 0 Å². The zero-order valence-electron chi connectivity index (χ0n) is 17.4. The molecular formula is C23H29N5O. The Morgan fingerprint density at radius 2 is 2.07 bits per heavy atom. The lowest BCUT2D eigenvalue weighted by atomic mass is 10.0. The Kier molecular flexibility index (Phi) is 5.62. The van der Waals surface area contributed by atoms with E-state index in [1.807, 2.05) is 38.6 Å². The standard InChI is InChI=1S/C23H29N5O/c1-4-28(21-7-8-21)10-9-16(2)23(29)26-22-12-19-11-17(5-6-18(19)13-24-22)20-14-25-27(3)15-20/h5-6,11-16,21H,4,7-10H2,1-3H3,(H,24,26,29). The van der Waals surface area contributed by atoms with Crippen LogP contribution >= 0.6 is 0 Å². The van der Waals surface area contributed by atoms with Gasteiger partial charge in [0.25, 0.3) is 0 Å². The molecule has 1 aromatic carbocycles. The molecular weight excluding hydrogens is 362 g/mol. The smallest absolute Gasteiger partial charge is 0.228 e. The summed E-state index contributed by atoms with van der Waals surface area (Å²) in [5.41, 5.74) is 2.17. The Hall–Kier alpha value is -2.73. The molecule has 0 saturated heterocycles. The van der Waals surface area contributed by atoms with E-state index >= 15 is 0 Å². The average molecular weight is 392 g/mol. The van der Waals surface area contributed by atoms with E-state index in [2.05, 4.69) is 45.4 Å². The SMILES string of the molecule is CCN(CCC(C)C(=O)Nc1cc2cc(-c3cnn(C)c3)ccc2cn1)C1CC1. The van der Waals surface area contributed by atoms with Gasteiger partial charge in [-0.25, -0.2) is 4.98 Å². The number of aryl methyl sites for hydroxylation is 1. The van der Waals surface area contributed by atoms with Gasteiger partial charge in [-0.1, -0.05) is 26.0 Å². The fourth-order valence-electron chi connectivity index (χ4n) is 3.74. The summed E-state index contributed by atoms with van der Waals surface area (Å²) in [6.45, 7) is 6.24. The molecule has 4 rings (SSSR count). The van der Waals surface area contributed by atoms with E-state index in [0.717, 1.165) is 47.5 Å². The normalized spacial score (nSPS) is 15.0. The van der Waals surface area contributed by atoms with Gasteiger partial charge in [-0.2, -0.15) is 5.10 Å². The molecule has 29 heavy (non-hydrogen) atoms. The lowest BCUT2D eigenvalue weighted by molar-refractivity contribution is -0.119. The molecule has 1 fully saturated rings. The van der Waals surface area contributed by atoms with Crippen LogP contribution < -0.4 is 5.32 Å². The zero-order valence-corrected chi connectivity index (χ0v) is 17.4. The topological polar surface area (TPSA) is 63.1 Å². The van der Waals surface area contributed by atoms with Crippen molar-refractivity contribution in [3.05, 3.63) is 42.9 Å². The molecule has 2 heterocycles. The predicted molar refractivity (Wildman–Crippen MR) is 117 cm³/mol. The number of pyridine rings is 1. The van der Waals surface area contributed by atoms with Gasteiger partial charge in [-0.05, 0) is 55.4 Å². The van der Waals surface area contributed by atoms with Crippen molar-refractivity contribution in [3.8, 4) is 11.1 Å². The Morgan fingerprint density at radius 1 is 1.24 bits per heavy atom. The molecule has 0 spiro atoms. The number of aromatic nitrogens is 3. The van der Waals surface area contributed by atoms with Crippen molar-refractivity contribution in [2.75, 3.05) is 18.4 Å². The second-order valence-corrected chi connectivity index (χ2v) is 8.07. The summed E-state index contributed by atoms with van der Waals surface area (Å²) in [6.07, 6.45) is 9.14. The van der Waals surface area contributed by atoms with Crippen LogP contribution in [-0.2, 0) is 11.8 Å². The first kappa shape index (κ1) is 19.6. The molecule has 1 N–H and O–H groups in total. The maximum absolute atomic E-state index is 12.6. The summed E-state index contributed by atoms with van der Waals surface area (Å²) in [7, 11) is 1.91. The quantitative estimate of drug-likeness (QED) is 0.628. The lowest BCUT2D eigenvalue weighted by Crippen LogP contribution is -2.30. The van der Waals surface area contributed by atoms with Crippen molar-refractivity contribution in [2.24, 2.45) is 13.0 Å². The molecule has 0 aliphatic heterocycles. The molecule has 1 amide bonds. The van der Waals surface area contributed by atoms with E-state index in [0.29, 0.717) is 5.82 Å². The monoisotopic (exact) mass is 391 g/mol. The Morgan fingerprint density at radius 3 is 2.76 bits per heavy atom. The highest BCUT2D eigenvalue weighted by molar-refractivity contribution is 5.94. The molecule has 1 atom stereocenters. The molecule has 1 aliphatic carbocycles. The highest BCUT2D eigenvalue weighted by Crippen LogP contribution is 2.27. The largest absolute Gasteiger partial charge is 0.310 e. The van der Waals surface area contributed by atoms with Gasteiger partial charge in [-0.3, -0.25) is 9.48 Å². The molecule has 1 saturated carbocycles. The maximum atomic E-state index is 12.6. The molecule has 1 unspecified atom stereocenters. The van der Waals surface area contributed by atoms with E-state index in [4.69, 9.17) is 0 Å². The first-order valence-electron chi connectivity index (χ1n) is 10.5. The van der Waals surface area contributed by atoms with Crippen LogP contribution in [0, 0.1) is 5.92 Å². The zero-order chi connectivity index (χ0) is 20.4. The first-order chi connectivity index (χ1) is 14.0. The van der Waals surface area contributed by atoms with Gasteiger partial charge >= 0.3 is 0 Å². The summed E-state index contributed by atoms with van der Waals surface area (Å²) in [5.74, 6) is 0.598. The summed E-state index contributed by atoms with van der Waals surface area (Å²) < 4.78 is 1.79. The van der Waals surface area contributed by atoms with Gasteiger partial charge in [0.05, 0.1) is 6.20 Å². The van der Waals surface area contributed by atoms with Crippen molar-refractivity contribution in [1.29, 1.82) is 0 Å². The highest BCUT2D eigenvalue weighted by Gasteiger charge is 2.28. The minimum atomic E-state index is -0.0398. The number of amides is 1. The number of carbonyl (C=O) groups excluding carboxylic acids is 1. The Bertz CT molecular complexity index is 1010. The fraction of sp³-hybridized carbons (Fsp3) is 0.435. The van der Waals surface area contributed by atoms with Crippen LogP contribution in [0.5, 0.6) is 0 Å². The summed E-state index contributed by atoms with van der Waals surface area (Å²) in [6, 6.07) is 8.92. The van der Waals surface area contributed by atoms with E-state index in [1.165, 1.54) is 12.8 Å². The van der Waals surface area contributed by atoms with Gasteiger partial charge in [-0.15, -0.1) is 0 Å². The molecule has 0 radical (unpaired) electrons. The minimum Gasteiger partial charge on any atom is -0.310 e. The summed E-state index contributed by atoms with van der Waals surface area (Å²) in [4.78, 5) is 19.6. The molecule has 6 nitrogen and oxygen atoms in total. The van der Waals surface area contributed by atoms with Gasteiger partial charge in [0.2, 0.25) is 5.91 Å². The van der Waals surface area contributed by atoms with Crippen molar-refractivity contribution in [1.82, 2.24) is 19.7 Å². The molecule has 0 bridgehead atoms. The number of carbonyl (C=O) groups is 1. The Balaban J connectivity index is 1.43. The number of hydrogen-bond acceptors (Lipinski definition) is 4. The molecule has 1 aliphatic rings. The number of hydrogen-bond donors (Lipinski definition) is 1. The van der Waals surface area contributed by atoms with Crippen LogP contribution in [0.25, 0.3) is 21.9 Å².